The van der Waals surface area contributed by atoms with Crippen LogP contribution in [-0.4, -0.2) is 48.8 Å². The Kier molecular flexibility index (Phi) is 8.39. The van der Waals surface area contributed by atoms with E-state index in [1.807, 2.05) is 6.07 Å². The predicted octanol–water partition coefficient (Wildman–Crippen LogP) is 3.26. The summed E-state index contributed by atoms with van der Waals surface area (Å²) in [6, 6.07) is 8.41. The molecule has 0 radical (unpaired) electrons. The van der Waals surface area contributed by atoms with Gasteiger partial charge in [0.1, 0.15) is 5.01 Å². The summed E-state index contributed by atoms with van der Waals surface area (Å²) in [4.78, 5) is 30.4. The number of urea groups is 1. The van der Waals surface area contributed by atoms with Crippen LogP contribution in [0, 0.1) is 11.3 Å². The van der Waals surface area contributed by atoms with Crippen molar-refractivity contribution >= 4 is 29.0 Å². The molecule has 0 atom stereocenters. The number of aromatic nitrogens is 1. The molecule has 9 heteroatoms. The van der Waals surface area contributed by atoms with Crippen LogP contribution in [-0.2, 0) is 16.0 Å². The molecule has 2 aromatic rings. The average Bonchev–Trinajstić information content (AvgIpc) is 3.16. The summed E-state index contributed by atoms with van der Waals surface area (Å²) in [6.07, 6.45) is 0.651. The van der Waals surface area contributed by atoms with E-state index in [-0.39, 0.29) is 24.9 Å². The maximum absolute atomic E-state index is 12.7. The Morgan fingerprint density at radius 1 is 1.39 bits per heavy atom. The fraction of sp³-hybridized carbons (Fsp3) is 0.368. The van der Waals surface area contributed by atoms with Crippen molar-refractivity contribution in [3.8, 4) is 6.07 Å². The largest absolute Gasteiger partial charge is 0.461 e. The molecule has 8 nitrogen and oxygen atoms in total. The highest BCUT2D eigenvalue weighted by molar-refractivity contribution is 7.09. The molecule has 0 aliphatic heterocycles. The van der Waals surface area contributed by atoms with E-state index in [4.69, 9.17) is 14.7 Å². The van der Waals surface area contributed by atoms with Gasteiger partial charge in [-0.25, -0.2) is 14.6 Å². The lowest BCUT2D eigenvalue weighted by Crippen LogP contribution is -2.35. The van der Waals surface area contributed by atoms with E-state index in [0.717, 1.165) is 0 Å². The number of esters is 1. The normalized spacial score (nSPS) is 10.2. The van der Waals surface area contributed by atoms with Crippen LogP contribution in [0.1, 0.15) is 34.4 Å². The van der Waals surface area contributed by atoms with Crippen molar-refractivity contribution in [2.24, 2.45) is 0 Å². The van der Waals surface area contributed by atoms with Gasteiger partial charge >= 0.3 is 12.0 Å². The first-order chi connectivity index (χ1) is 13.6. The number of amides is 2. The van der Waals surface area contributed by atoms with Gasteiger partial charge in [-0.2, -0.15) is 5.26 Å². The summed E-state index contributed by atoms with van der Waals surface area (Å²) in [5.41, 5.74) is 1.23. The lowest BCUT2D eigenvalue weighted by atomic mass is 10.2. The molecule has 2 rings (SSSR count). The first-order valence-corrected chi connectivity index (χ1v) is 9.62. The molecule has 1 heterocycles. The Hall–Kier alpha value is -2.96. The van der Waals surface area contributed by atoms with Crippen LogP contribution in [0.15, 0.2) is 29.6 Å². The van der Waals surface area contributed by atoms with Crippen molar-refractivity contribution < 1.29 is 19.1 Å². The molecule has 148 valence electrons. The summed E-state index contributed by atoms with van der Waals surface area (Å²) in [6.45, 7) is 3.22. The van der Waals surface area contributed by atoms with E-state index >= 15 is 0 Å². The zero-order valence-corrected chi connectivity index (χ0v) is 16.6. The van der Waals surface area contributed by atoms with Gasteiger partial charge in [0.2, 0.25) is 0 Å². The molecular formula is C19H22N4O4S. The minimum Gasteiger partial charge on any atom is -0.461 e. The highest BCUT2D eigenvalue weighted by Crippen LogP contribution is 2.16. The Morgan fingerprint density at radius 2 is 2.21 bits per heavy atom. The van der Waals surface area contributed by atoms with Crippen molar-refractivity contribution in [2.75, 3.05) is 32.2 Å². The Bertz CT molecular complexity index is 846. The lowest BCUT2D eigenvalue weighted by molar-refractivity contribution is 0.0520. The van der Waals surface area contributed by atoms with Gasteiger partial charge in [0.05, 0.1) is 24.8 Å². The molecule has 28 heavy (non-hydrogen) atoms. The van der Waals surface area contributed by atoms with E-state index in [0.29, 0.717) is 35.8 Å². The Balaban J connectivity index is 2.09. The van der Waals surface area contributed by atoms with Gasteiger partial charge in [0, 0.05) is 31.3 Å². The first kappa shape index (κ1) is 21.3. The van der Waals surface area contributed by atoms with Gasteiger partial charge < -0.3 is 19.7 Å². The van der Waals surface area contributed by atoms with E-state index in [9.17, 15) is 9.59 Å². The smallest absolute Gasteiger partial charge is 0.357 e. The number of ether oxygens (including phenoxy) is 2. The van der Waals surface area contributed by atoms with Gasteiger partial charge in [-0.15, -0.1) is 11.3 Å². The number of nitriles is 1. The molecule has 0 fully saturated rings. The molecular weight excluding hydrogens is 380 g/mol. The third kappa shape index (κ3) is 6.33. The van der Waals surface area contributed by atoms with Crippen LogP contribution in [0.4, 0.5) is 10.5 Å². The second-order valence-corrected chi connectivity index (χ2v) is 6.68. The monoisotopic (exact) mass is 402 g/mol. The Labute approximate surface area is 167 Å². The second-order valence-electron chi connectivity index (χ2n) is 5.74. The third-order valence-corrected chi connectivity index (χ3v) is 4.50. The van der Waals surface area contributed by atoms with E-state index in [1.165, 1.54) is 11.3 Å². The van der Waals surface area contributed by atoms with Gasteiger partial charge in [-0.05, 0) is 31.5 Å². The van der Waals surface area contributed by atoms with Crippen molar-refractivity contribution in [3.05, 3.63) is 45.9 Å². The maximum Gasteiger partial charge on any atom is 0.357 e. The molecule has 0 spiro atoms. The quantitative estimate of drug-likeness (QED) is 0.510. The molecule has 0 saturated heterocycles. The van der Waals surface area contributed by atoms with Gasteiger partial charge in [-0.1, -0.05) is 6.07 Å². The summed E-state index contributed by atoms with van der Waals surface area (Å²) in [7, 11) is 1.60. The number of methoxy groups -OCH3 is 1. The number of carbonyl (C=O) groups is 2. The number of benzene rings is 1. The highest BCUT2D eigenvalue weighted by Gasteiger charge is 2.18. The number of hydrogen-bond acceptors (Lipinski definition) is 7. The van der Waals surface area contributed by atoms with Crippen molar-refractivity contribution in [3.63, 3.8) is 0 Å². The predicted molar refractivity (Wildman–Crippen MR) is 105 cm³/mol. The molecule has 0 saturated carbocycles. The van der Waals surface area contributed by atoms with Crippen LogP contribution in [0.3, 0.4) is 0 Å². The molecule has 0 bridgehead atoms. The lowest BCUT2D eigenvalue weighted by Gasteiger charge is -2.22. The molecule has 2 amide bonds. The van der Waals surface area contributed by atoms with Gasteiger partial charge in [-0.3, -0.25) is 0 Å². The number of nitrogens with zero attached hydrogens (tertiary/aromatic N) is 3. The van der Waals surface area contributed by atoms with Crippen molar-refractivity contribution in [1.82, 2.24) is 9.88 Å². The fourth-order valence-corrected chi connectivity index (χ4v) is 3.14. The zero-order valence-electron chi connectivity index (χ0n) is 15.8. The number of hydrogen-bond donors (Lipinski definition) is 1. The number of rotatable bonds is 9. The summed E-state index contributed by atoms with van der Waals surface area (Å²) in [5.74, 6) is -0.478. The molecule has 0 aliphatic rings. The minimum absolute atomic E-state index is 0.237. The fourth-order valence-electron chi connectivity index (χ4n) is 2.37. The topological polar surface area (TPSA) is 105 Å². The standard InChI is InChI=1S/C19H22N4O4S/c1-3-27-18(24)16-13-28-17(22-16)12-23(8-5-9-26-2)19(25)21-15-7-4-6-14(10-15)11-20/h4,6-7,10,13H,3,5,8-9,12H2,1-2H3,(H,21,25). The number of anilines is 1. The summed E-state index contributed by atoms with van der Waals surface area (Å²) < 4.78 is 10.0. The minimum atomic E-state index is -0.478. The van der Waals surface area contributed by atoms with Crippen molar-refractivity contribution in [2.45, 2.75) is 19.9 Å². The number of carbonyl (C=O) groups excluding carboxylic acids is 2. The van der Waals surface area contributed by atoms with Crippen LogP contribution >= 0.6 is 11.3 Å². The SMILES string of the molecule is CCOC(=O)c1csc(CN(CCCOC)C(=O)Nc2cccc(C#N)c2)n1. The molecule has 0 unspecified atom stereocenters. The molecule has 1 N–H and O–H groups in total. The Morgan fingerprint density at radius 3 is 2.93 bits per heavy atom. The van der Waals surface area contributed by atoms with Gasteiger partial charge in [0.25, 0.3) is 0 Å². The summed E-state index contributed by atoms with van der Waals surface area (Å²) in [5, 5.41) is 14.0. The van der Waals surface area contributed by atoms with Crippen LogP contribution in [0.5, 0.6) is 0 Å². The van der Waals surface area contributed by atoms with Crippen LogP contribution < -0.4 is 5.32 Å². The van der Waals surface area contributed by atoms with E-state index < -0.39 is 5.97 Å². The zero-order chi connectivity index (χ0) is 20.4. The molecule has 1 aromatic carbocycles. The third-order valence-electron chi connectivity index (χ3n) is 3.67. The van der Waals surface area contributed by atoms with Crippen molar-refractivity contribution in [1.29, 1.82) is 5.26 Å². The second kappa shape index (κ2) is 11.0. The molecule has 0 aliphatic carbocycles. The maximum atomic E-state index is 12.7. The number of thiazole rings is 1. The summed E-state index contributed by atoms with van der Waals surface area (Å²) >= 11 is 1.29. The molecule has 1 aromatic heterocycles. The van der Waals surface area contributed by atoms with E-state index in [2.05, 4.69) is 10.3 Å². The van der Waals surface area contributed by atoms with Crippen LogP contribution in [0.25, 0.3) is 0 Å². The van der Waals surface area contributed by atoms with E-state index in [1.54, 1.807) is 48.6 Å². The average molecular weight is 402 g/mol. The highest BCUT2D eigenvalue weighted by atomic mass is 32.1. The van der Waals surface area contributed by atoms with Gasteiger partial charge in [0.15, 0.2) is 5.69 Å². The van der Waals surface area contributed by atoms with Crippen LogP contribution in [0.2, 0.25) is 0 Å². The number of nitrogens with one attached hydrogen (secondary N) is 1. The first-order valence-electron chi connectivity index (χ1n) is 8.74.